The van der Waals surface area contributed by atoms with Crippen LogP contribution < -0.4 is 5.32 Å². The standard InChI is InChI=1S/C13H20F3N3/c1-19-8-7-18-12(19)5-6-17-11-4-2-3-10(9-11)13(14,15)16/h7-8,10-11,17H,2-6,9H2,1H3. The summed E-state index contributed by atoms with van der Waals surface area (Å²) in [5, 5.41) is 3.24. The molecule has 1 aliphatic carbocycles. The molecule has 1 saturated carbocycles. The molecule has 1 fully saturated rings. The molecule has 0 aliphatic heterocycles. The third-order valence-corrected chi connectivity index (χ3v) is 3.84. The molecule has 0 saturated heterocycles. The molecule has 2 rings (SSSR count). The Morgan fingerprint density at radius 2 is 2.21 bits per heavy atom. The second-order valence-corrected chi connectivity index (χ2v) is 5.26. The van der Waals surface area contributed by atoms with Crippen molar-refractivity contribution >= 4 is 0 Å². The highest BCUT2D eigenvalue weighted by atomic mass is 19.4. The lowest BCUT2D eigenvalue weighted by Crippen LogP contribution is -2.39. The number of rotatable bonds is 4. The van der Waals surface area contributed by atoms with Crippen LogP contribution >= 0.6 is 0 Å². The number of hydrogen-bond acceptors (Lipinski definition) is 2. The fourth-order valence-corrected chi connectivity index (χ4v) is 2.70. The number of nitrogens with zero attached hydrogens (tertiary/aromatic N) is 2. The van der Waals surface area contributed by atoms with E-state index in [9.17, 15) is 13.2 Å². The van der Waals surface area contributed by atoms with Crippen LogP contribution in [0, 0.1) is 5.92 Å². The zero-order valence-corrected chi connectivity index (χ0v) is 11.1. The van der Waals surface area contributed by atoms with Crippen molar-refractivity contribution in [1.82, 2.24) is 14.9 Å². The van der Waals surface area contributed by atoms with Crippen LogP contribution in [0.4, 0.5) is 13.2 Å². The molecular formula is C13H20F3N3. The first-order valence-electron chi connectivity index (χ1n) is 6.73. The summed E-state index contributed by atoms with van der Waals surface area (Å²) in [5.74, 6) is -0.178. The van der Waals surface area contributed by atoms with Gasteiger partial charge in [-0.05, 0) is 19.3 Å². The Balaban J connectivity index is 1.75. The van der Waals surface area contributed by atoms with E-state index >= 15 is 0 Å². The van der Waals surface area contributed by atoms with Gasteiger partial charge in [-0.25, -0.2) is 4.98 Å². The number of imidazole rings is 1. The first-order chi connectivity index (χ1) is 8.97. The Kier molecular flexibility index (Phi) is 4.50. The Morgan fingerprint density at radius 3 is 2.84 bits per heavy atom. The molecule has 3 nitrogen and oxygen atoms in total. The first kappa shape index (κ1) is 14.4. The van der Waals surface area contributed by atoms with Gasteiger partial charge in [0.15, 0.2) is 0 Å². The minimum absolute atomic E-state index is 0.0133. The smallest absolute Gasteiger partial charge is 0.338 e. The number of aryl methyl sites for hydroxylation is 1. The summed E-state index contributed by atoms with van der Waals surface area (Å²) in [5.41, 5.74) is 0. The Morgan fingerprint density at radius 1 is 1.42 bits per heavy atom. The number of nitrogens with one attached hydrogen (secondary N) is 1. The summed E-state index contributed by atoms with van der Waals surface area (Å²) in [7, 11) is 1.92. The van der Waals surface area contributed by atoms with E-state index in [1.54, 1.807) is 6.20 Å². The zero-order chi connectivity index (χ0) is 13.9. The molecule has 0 bridgehead atoms. The van der Waals surface area contributed by atoms with Gasteiger partial charge in [0.25, 0.3) is 0 Å². The summed E-state index contributed by atoms with van der Waals surface area (Å²) in [6.07, 6.45) is 2.30. The second kappa shape index (κ2) is 5.94. The topological polar surface area (TPSA) is 29.9 Å². The van der Waals surface area contributed by atoms with E-state index in [0.717, 1.165) is 18.7 Å². The van der Waals surface area contributed by atoms with E-state index in [2.05, 4.69) is 10.3 Å². The van der Waals surface area contributed by atoms with Gasteiger partial charge in [0, 0.05) is 38.4 Å². The molecule has 19 heavy (non-hydrogen) atoms. The zero-order valence-electron chi connectivity index (χ0n) is 11.1. The summed E-state index contributed by atoms with van der Waals surface area (Å²) < 4.78 is 39.9. The van der Waals surface area contributed by atoms with E-state index in [0.29, 0.717) is 13.0 Å². The van der Waals surface area contributed by atoms with Gasteiger partial charge in [-0.1, -0.05) is 6.42 Å². The SMILES string of the molecule is Cn1ccnc1CCNC1CCCC(C(F)(F)F)C1. The Bertz CT molecular complexity index is 400. The highest BCUT2D eigenvalue weighted by Gasteiger charge is 2.41. The number of hydrogen-bond donors (Lipinski definition) is 1. The average Bonchev–Trinajstić information content (AvgIpc) is 2.75. The second-order valence-electron chi connectivity index (χ2n) is 5.26. The molecular weight excluding hydrogens is 255 g/mol. The molecule has 6 heteroatoms. The van der Waals surface area contributed by atoms with Gasteiger partial charge in [-0.15, -0.1) is 0 Å². The number of aromatic nitrogens is 2. The number of alkyl halides is 3. The van der Waals surface area contributed by atoms with E-state index in [1.165, 1.54) is 0 Å². The lowest BCUT2D eigenvalue weighted by atomic mass is 9.85. The minimum atomic E-state index is -4.04. The fourth-order valence-electron chi connectivity index (χ4n) is 2.70. The molecule has 2 atom stereocenters. The molecule has 2 unspecified atom stereocenters. The third kappa shape index (κ3) is 3.96. The Hall–Kier alpha value is -1.04. The van der Waals surface area contributed by atoms with Gasteiger partial charge in [0.05, 0.1) is 5.92 Å². The van der Waals surface area contributed by atoms with Crippen molar-refractivity contribution in [3.8, 4) is 0 Å². The van der Waals surface area contributed by atoms with Gasteiger partial charge >= 0.3 is 6.18 Å². The van der Waals surface area contributed by atoms with Gasteiger partial charge in [0.1, 0.15) is 5.82 Å². The highest BCUT2D eigenvalue weighted by molar-refractivity contribution is 4.92. The van der Waals surface area contributed by atoms with Crippen LogP contribution in [0.25, 0.3) is 0 Å². The van der Waals surface area contributed by atoms with Crippen molar-refractivity contribution in [2.24, 2.45) is 13.0 Å². The van der Waals surface area contributed by atoms with Crippen LogP contribution in [0.2, 0.25) is 0 Å². The maximum Gasteiger partial charge on any atom is 0.391 e. The monoisotopic (exact) mass is 275 g/mol. The molecule has 1 aliphatic rings. The maximum absolute atomic E-state index is 12.7. The van der Waals surface area contributed by atoms with Gasteiger partial charge in [-0.2, -0.15) is 13.2 Å². The van der Waals surface area contributed by atoms with Crippen molar-refractivity contribution in [1.29, 1.82) is 0 Å². The van der Waals surface area contributed by atoms with Crippen molar-refractivity contribution in [3.05, 3.63) is 18.2 Å². The first-order valence-corrected chi connectivity index (χ1v) is 6.73. The largest absolute Gasteiger partial charge is 0.391 e. The van der Waals surface area contributed by atoms with E-state index < -0.39 is 12.1 Å². The van der Waals surface area contributed by atoms with Crippen molar-refractivity contribution in [2.45, 2.75) is 44.3 Å². The number of halogens is 3. The van der Waals surface area contributed by atoms with Gasteiger partial charge in [-0.3, -0.25) is 0 Å². The molecule has 0 aromatic carbocycles. The summed E-state index contributed by atoms with van der Waals surface area (Å²) in [6, 6.07) is -0.0133. The maximum atomic E-state index is 12.7. The van der Waals surface area contributed by atoms with Crippen molar-refractivity contribution in [3.63, 3.8) is 0 Å². The molecule has 0 radical (unpaired) electrons. The van der Waals surface area contributed by atoms with Crippen LogP contribution in [0.1, 0.15) is 31.5 Å². The molecule has 108 valence electrons. The quantitative estimate of drug-likeness (QED) is 0.915. The van der Waals surface area contributed by atoms with Crippen LogP contribution in [0.5, 0.6) is 0 Å². The lowest BCUT2D eigenvalue weighted by molar-refractivity contribution is -0.183. The predicted molar refractivity (Wildman–Crippen MR) is 66.7 cm³/mol. The lowest BCUT2D eigenvalue weighted by Gasteiger charge is -2.31. The normalized spacial score (nSPS) is 24.6. The molecule has 1 aromatic rings. The average molecular weight is 275 g/mol. The van der Waals surface area contributed by atoms with Crippen molar-refractivity contribution < 1.29 is 13.2 Å². The summed E-state index contributed by atoms with van der Waals surface area (Å²) >= 11 is 0. The van der Waals surface area contributed by atoms with Crippen LogP contribution in [0.15, 0.2) is 12.4 Å². The minimum Gasteiger partial charge on any atom is -0.338 e. The molecule has 1 aromatic heterocycles. The molecule has 0 spiro atoms. The summed E-state index contributed by atoms with van der Waals surface area (Å²) in [4.78, 5) is 4.20. The fraction of sp³-hybridized carbons (Fsp3) is 0.769. The summed E-state index contributed by atoms with van der Waals surface area (Å²) in [6.45, 7) is 0.681. The van der Waals surface area contributed by atoms with Gasteiger partial charge < -0.3 is 9.88 Å². The van der Waals surface area contributed by atoms with Crippen LogP contribution in [-0.2, 0) is 13.5 Å². The highest BCUT2D eigenvalue weighted by Crippen LogP contribution is 2.37. The van der Waals surface area contributed by atoms with E-state index in [4.69, 9.17) is 0 Å². The predicted octanol–water partition coefficient (Wildman–Crippen LogP) is 2.67. The molecule has 1 heterocycles. The van der Waals surface area contributed by atoms with Crippen LogP contribution in [0.3, 0.4) is 0 Å². The van der Waals surface area contributed by atoms with Crippen molar-refractivity contribution in [2.75, 3.05) is 6.54 Å². The van der Waals surface area contributed by atoms with Crippen LogP contribution in [-0.4, -0.2) is 28.3 Å². The van der Waals surface area contributed by atoms with Gasteiger partial charge in [0.2, 0.25) is 0 Å². The molecule has 1 N–H and O–H groups in total. The Labute approximate surface area is 111 Å². The van der Waals surface area contributed by atoms with E-state index in [-0.39, 0.29) is 18.9 Å². The third-order valence-electron chi connectivity index (χ3n) is 3.84. The molecule has 0 amide bonds. The van der Waals surface area contributed by atoms with E-state index in [1.807, 2.05) is 17.8 Å².